The smallest absolute Gasteiger partial charge is 0.338 e. The maximum atomic E-state index is 13.3. The van der Waals surface area contributed by atoms with Crippen LogP contribution in [-0.4, -0.2) is 69.3 Å². The fourth-order valence-electron chi connectivity index (χ4n) is 3.62. The van der Waals surface area contributed by atoms with Crippen LogP contribution in [-0.2, 0) is 9.47 Å². The van der Waals surface area contributed by atoms with Gasteiger partial charge in [0.2, 0.25) is 0 Å². The second kappa shape index (κ2) is 10.6. The highest BCUT2D eigenvalue weighted by Gasteiger charge is 2.30. The highest BCUT2D eigenvalue weighted by molar-refractivity contribution is 6.05. The van der Waals surface area contributed by atoms with Gasteiger partial charge in [0.1, 0.15) is 17.1 Å². The number of morpholine rings is 1. The summed E-state index contributed by atoms with van der Waals surface area (Å²) in [6, 6.07) is 11.2. The van der Waals surface area contributed by atoms with Crippen molar-refractivity contribution in [2.75, 3.05) is 40.6 Å². The highest BCUT2D eigenvalue weighted by atomic mass is 16.5. The maximum absolute atomic E-state index is 13.3. The van der Waals surface area contributed by atoms with Crippen molar-refractivity contribution in [3.05, 3.63) is 59.2 Å². The zero-order valence-corrected chi connectivity index (χ0v) is 18.0. The summed E-state index contributed by atoms with van der Waals surface area (Å²) < 4.78 is 21.4. The lowest BCUT2D eigenvalue weighted by molar-refractivity contribution is -0.00755. The van der Waals surface area contributed by atoms with Crippen LogP contribution < -0.4 is 15.2 Å². The van der Waals surface area contributed by atoms with Crippen LogP contribution in [0.25, 0.3) is 0 Å². The normalized spacial score (nSPS) is 15.7. The largest absolute Gasteiger partial charge is 0.496 e. The Morgan fingerprint density at radius 3 is 2.47 bits per heavy atom. The van der Waals surface area contributed by atoms with Crippen molar-refractivity contribution in [1.82, 2.24) is 4.90 Å². The molecule has 1 atom stereocenters. The molecule has 2 N–H and O–H groups in total. The number of hydrogen-bond acceptors (Lipinski definition) is 7. The summed E-state index contributed by atoms with van der Waals surface area (Å²) in [5, 5.41) is 0. The van der Waals surface area contributed by atoms with Crippen molar-refractivity contribution in [3.63, 3.8) is 0 Å². The number of carbonyl (C=O) groups is 3. The van der Waals surface area contributed by atoms with Crippen molar-refractivity contribution in [2.45, 2.75) is 12.5 Å². The zero-order valence-electron chi connectivity index (χ0n) is 18.0. The van der Waals surface area contributed by atoms with Crippen molar-refractivity contribution in [2.24, 2.45) is 5.73 Å². The van der Waals surface area contributed by atoms with E-state index in [2.05, 4.69) is 0 Å². The van der Waals surface area contributed by atoms with Gasteiger partial charge in [-0.05, 0) is 24.3 Å². The van der Waals surface area contributed by atoms with E-state index < -0.39 is 11.9 Å². The summed E-state index contributed by atoms with van der Waals surface area (Å²) in [6.45, 7) is 1.32. The predicted molar refractivity (Wildman–Crippen MR) is 115 cm³/mol. The summed E-state index contributed by atoms with van der Waals surface area (Å²) in [4.78, 5) is 38.8. The Hall–Kier alpha value is -3.59. The fourth-order valence-corrected chi connectivity index (χ4v) is 3.62. The molecule has 1 heterocycles. The monoisotopic (exact) mass is 442 g/mol. The molecule has 3 rings (SSSR count). The quantitative estimate of drug-likeness (QED) is 0.621. The van der Waals surface area contributed by atoms with Gasteiger partial charge in [0.25, 0.3) is 11.8 Å². The van der Waals surface area contributed by atoms with E-state index in [9.17, 15) is 14.4 Å². The number of esters is 1. The Bertz CT molecular complexity index is 992. The summed E-state index contributed by atoms with van der Waals surface area (Å²) in [7, 11) is 2.72. The van der Waals surface area contributed by atoms with E-state index in [-0.39, 0.29) is 35.2 Å². The lowest BCUT2D eigenvalue weighted by Gasteiger charge is -2.36. The molecular formula is C23H26N2O7. The first-order valence-electron chi connectivity index (χ1n) is 10.1. The zero-order chi connectivity index (χ0) is 23.1. The van der Waals surface area contributed by atoms with Crippen molar-refractivity contribution < 1.29 is 33.3 Å². The van der Waals surface area contributed by atoms with E-state index in [4.69, 9.17) is 24.7 Å². The number of methoxy groups -OCH3 is 2. The second-order valence-corrected chi connectivity index (χ2v) is 7.10. The van der Waals surface area contributed by atoms with Gasteiger partial charge in [-0.25, -0.2) is 4.79 Å². The number of ether oxygens (including phenoxy) is 4. The van der Waals surface area contributed by atoms with Crippen LogP contribution in [0.5, 0.6) is 11.5 Å². The topological polar surface area (TPSA) is 117 Å². The SMILES string of the molecule is COC(=O)c1ccccc1C(=O)N1CCOC[C@H]1CCOc1cccc(OC)c1C(N)=O. The first kappa shape index (κ1) is 23.1. The van der Waals surface area contributed by atoms with E-state index in [0.717, 1.165) is 0 Å². The van der Waals surface area contributed by atoms with Crippen molar-refractivity contribution in [3.8, 4) is 11.5 Å². The Kier molecular flexibility index (Phi) is 7.67. The minimum Gasteiger partial charge on any atom is -0.496 e. The molecule has 0 unspecified atom stereocenters. The van der Waals surface area contributed by atoms with Crippen molar-refractivity contribution >= 4 is 17.8 Å². The number of nitrogens with two attached hydrogens (primary N) is 1. The van der Waals surface area contributed by atoms with Crippen LogP contribution in [0.1, 0.15) is 37.5 Å². The van der Waals surface area contributed by atoms with Crippen molar-refractivity contribution in [1.29, 1.82) is 0 Å². The molecule has 1 aliphatic rings. The Labute approximate surface area is 186 Å². The third-order valence-electron chi connectivity index (χ3n) is 5.21. The molecule has 0 aliphatic carbocycles. The fraction of sp³-hybridized carbons (Fsp3) is 0.348. The summed E-state index contributed by atoms with van der Waals surface area (Å²) in [6.07, 6.45) is 0.446. The van der Waals surface area contributed by atoms with Crippen LogP contribution >= 0.6 is 0 Å². The minimum absolute atomic E-state index is 0.162. The first-order valence-corrected chi connectivity index (χ1v) is 10.1. The Morgan fingerprint density at radius 1 is 1.06 bits per heavy atom. The summed E-state index contributed by atoms with van der Waals surface area (Å²) in [5.41, 5.74) is 6.12. The van der Waals surface area contributed by atoms with Gasteiger partial charge >= 0.3 is 5.97 Å². The van der Waals surface area contributed by atoms with Gasteiger partial charge in [-0.2, -0.15) is 0 Å². The lowest BCUT2D eigenvalue weighted by atomic mass is 10.0. The molecule has 32 heavy (non-hydrogen) atoms. The molecule has 0 spiro atoms. The maximum Gasteiger partial charge on any atom is 0.338 e. The van der Waals surface area contributed by atoms with Crippen LogP contribution in [0.4, 0.5) is 0 Å². The number of rotatable bonds is 8. The first-order chi connectivity index (χ1) is 15.5. The van der Waals surface area contributed by atoms with Gasteiger partial charge < -0.3 is 29.6 Å². The Morgan fingerprint density at radius 2 is 1.78 bits per heavy atom. The number of hydrogen-bond donors (Lipinski definition) is 1. The number of amides is 2. The number of nitrogens with zero attached hydrogens (tertiary/aromatic N) is 1. The molecule has 9 heteroatoms. The molecule has 170 valence electrons. The molecule has 2 amide bonds. The minimum atomic E-state index is -0.658. The van der Waals surface area contributed by atoms with Crippen LogP contribution in [0.15, 0.2) is 42.5 Å². The molecule has 2 aromatic carbocycles. The van der Waals surface area contributed by atoms with Crippen LogP contribution in [0.3, 0.4) is 0 Å². The highest BCUT2D eigenvalue weighted by Crippen LogP contribution is 2.28. The van der Waals surface area contributed by atoms with E-state index in [1.54, 1.807) is 47.4 Å². The van der Waals surface area contributed by atoms with Crippen LogP contribution in [0.2, 0.25) is 0 Å². The van der Waals surface area contributed by atoms with Gasteiger partial charge in [-0.1, -0.05) is 18.2 Å². The Balaban J connectivity index is 1.73. The van der Waals surface area contributed by atoms with Gasteiger partial charge in [0.15, 0.2) is 0 Å². The molecule has 9 nitrogen and oxygen atoms in total. The third kappa shape index (κ3) is 5.00. The average molecular weight is 442 g/mol. The third-order valence-corrected chi connectivity index (χ3v) is 5.21. The van der Waals surface area contributed by atoms with Gasteiger partial charge in [-0.3, -0.25) is 9.59 Å². The molecule has 0 saturated carbocycles. The summed E-state index contributed by atoms with van der Waals surface area (Å²) in [5.74, 6) is -0.873. The van der Waals surface area contributed by atoms with Gasteiger partial charge in [0.05, 0.1) is 51.2 Å². The van der Waals surface area contributed by atoms with Crippen LogP contribution in [0, 0.1) is 0 Å². The molecule has 0 aromatic heterocycles. The molecular weight excluding hydrogens is 416 g/mol. The van der Waals surface area contributed by atoms with E-state index in [1.165, 1.54) is 14.2 Å². The molecule has 1 aliphatic heterocycles. The molecule has 0 bridgehead atoms. The second-order valence-electron chi connectivity index (χ2n) is 7.10. The molecule has 2 aromatic rings. The molecule has 0 radical (unpaired) electrons. The number of primary amides is 1. The molecule has 1 saturated heterocycles. The predicted octanol–water partition coefficient (Wildman–Crippen LogP) is 1.89. The number of carbonyl (C=O) groups excluding carboxylic acids is 3. The van der Waals surface area contributed by atoms with E-state index in [0.29, 0.717) is 37.7 Å². The van der Waals surface area contributed by atoms with E-state index in [1.807, 2.05) is 0 Å². The van der Waals surface area contributed by atoms with E-state index >= 15 is 0 Å². The van der Waals surface area contributed by atoms with Gasteiger partial charge in [0, 0.05) is 13.0 Å². The average Bonchev–Trinajstić information content (AvgIpc) is 2.83. The molecule has 1 fully saturated rings. The lowest BCUT2D eigenvalue weighted by Crippen LogP contribution is -2.49. The summed E-state index contributed by atoms with van der Waals surface area (Å²) >= 11 is 0. The standard InChI is InChI=1S/C23H26N2O7/c1-29-18-8-5-9-19(20(18)21(24)26)32-12-10-15-14-31-13-11-25(15)22(27)16-6-3-4-7-17(16)23(28)30-2/h3-9,15H,10-14H2,1-2H3,(H2,24,26)/t15-/m1/s1. The van der Waals surface area contributed by atoms with Gasteiger partial charge in [-0.15, -0.1) is 0 Å². The number of benzene rings is 2.